The fraction of sp³-hybridized carbons (Fsp3) is 0.818. The number of alkyl halides is 3. The van der Waals surface area contributed by atoms with Crippen molar-refractivity contribution in [3.8, 4) is 0 Å². The highest BCUT2D eigenvalue weighted by molar-refractivity contribution is 5.27. The van der Waals surface area contributed by atoms with Crippen LogP contribution in [0.2, 0.25) is 0 Å². The van der Waals surface area contributed by atoms with E-state index in [4.69, 9.17) is 0 Å². The number of aliphatic hydroxyl groups excluding tert-OH is 1. The van der Waals surface area contributed by atoms with Crippen LogP contribution in [-0.2, 0) is 0 Å². The molecule has 2 bridgehead atoms. The second-order valence-corrected chi connectivity index (χ2v) is 5.19. The van der Waals surface area contributed by atoms with Crippen LogP contribution in [0.5, 0.6) is 0 Å². The van der Waals surface area contributed by atoms with Crippen LogP contribution in [0.3, 0.4) is 0 Å². The van der Waals surface area contributed by atoms with Gasteiger partial charge in [0.05, 0.1) is 0 Å². The summed E-state index contributed by atoms with van der Waals surface area (Å²) in [4.78, 5) is 0. The summed E-state index contributed by atoms with van der Waals surface area (Å²) in [6.07, 6.45) is -3.73. The van der Waals surface area contributed by atoms with Gasteiger partial charge in [0.25, 0.3) is 0 Å². The number of rotatable bonds is 1. The molecule has 0 aliphatic heterocycles. The standard InChI is InChI=1S/C11H15F3O/c1-10(2)6-3-4-7(8(10)5-6)9(15)11(12,13)14/h4,6,8-9,15H,3,5H2,1-2H3/t6?,8?,9-/m1/s1. The maximum atomic E-state index is 12.4. The number of hydrogen-bond acceptors (Lipinski definition) is 1. The normalized spacial score (nSPS) is 35.5. The van der Waals surface area contributed by atoms with Gasteiger partial charge in [0.2, 0.25) is 0 Å². The fourth-order valence-electron chi connectivity index (χ4n) is 2.89. The lowest BCUT2D eigenvalue weighted by Crippen LogP contribution is -2.51. The van der Waals surface area contributed by atoms with Crippen LogP contribution >= 0.6 is 0 Å². The first-order valence-corrected chi connectivity index (χ1v) is 5.19. The van der Waals surface area contributed by atoms with E-state index in [0.717, 1.165) is 6.42 Å². The molecule has 0 radical (unpaired) electrons. The van der Waals surface area contributed by atoms with Crippen LogP contribution < -0.4 is 0 Å². The molecule has 0 amide bonds. The quantitative estimate of drug-likeness (QED) is 0.674. The number of allylic oxidation sites excluding steroid dienone is 1. The zero-order valence-corrected chi connectivity index (χ0v) is 8.80. The van der Waals surface area contributed by atoms with Crippen LogP contribution in [-0.4, -0.2) is 17.4 Å². The van der Waals surface area contributed by atoms with E-state index in [9.17, 15) is 18.3 Å². The van der Waals surface area contributed by atoms with E-state index >= 15 is 0 Å². The van der Waals surface area contributed by atoms with E-state index in [1.807, 2.05) is 13.8 Å². The van der Waals surface area contributed by atoms with Crippen molar-refractivity contribution in [2.45, 2.75) is 39.0 Å². The zero-order chi connectivity index (χ0) is 11.4. The van der Waals surface area contributed by atoms with Gasteiger partial charge in [-0.2, -0.15) is 13.2 Å². The highest BCUT2D eigenvalue weighted by atomic mass is 19.4. The van der Waals surface area contributed by atoms with Crippen molar-refractivity contribution in [1.82, 2.24) is 0 Å². The van der Waals surface area contributed by atoms with Crippen molar-refractivity contribution in [3.63, 3.8) is 0 Å². The Kier molecular flexibility index (Phi) is 2.20. The van der Waals surface area contributed by atoms with Gasteiger partial charge < -0.3 is 5.11 Å². The van der Waals surface area contributed by atoms with E-state index in [1.165, 1.54) is 0 Å². The summed E-state index contributed by atoms with van der Waals surface area (Å²) >= 11 is 0. The van der Waals surface area contributed by atoms with Crippen molar-refractivity contribution in [2.24, 2.45) is 17.3 Å². The second kappa shape index (κ2) is 3.00. The van der Waals surface area contributed by atoms with E-state index in [0.29, 0.717) is 12.3 Å². The van der Waals surface area contributed by atoms with E-state index in [2.05, 4.69) is 0 Å². The van der Waals surface area contributed by atoms with E-state index < -0.39 is 12.3 Å². The monoisotopic (exact) mass is 220 g/mol. The molecule has 3 aliphatic carbocycles. The third kappa shape index (κ3) is 1.50. The lowest BCUT2D eigenvalue weighted by molar-refractivity contribution is -0.199. The molecule has 1 nitrogen and oxygen atoms in total. The highest BCUT2D eigenvalue weighted by Gasteiger charge is 2.55. The fourth-order valence-corrected chi connectivity index (χ4v) is 2.89. The third-order valence-corrected chi connectivity index (χ3v) is 4.14. The molecule has 0 aromatic heterocycles. The van der Waals surface area contributed by atoms with Crippen molar-refractivity contribution in [2.75, 3.05) is 0 Å². The summed E-state index contributed by atoms with van der Waals surface area (Å²) in [5, 5.41) is 9.24. The molecule has 86 valence electrons. The van der Waals surface area contributed by atoms with Crippen molar-refractivity contribution in [3.05, 3.63) is 11.6 Å². The Hall–Kier alpha value is -0.510. The maximum absolute atomic E-state index is 12.4. The number of hydrogen-bond donors (Lipinski definition) is 1. The van der Waals surface area contributed by atoms with Crippen LogP contribution in [0.25, 0.3) is 0 Å². The molecule has 2 unspecified atom stereocenters. The summed E-state index contributed by atoms with van der Waals surface area (Å²) in [5.74, 6) is 0.402. The Morgan fingerprint density at radius 2 is 2.07 bits per heavy atom. The topological polar surface area (TPSA) is 20.2 Å². The SMILES string of the molecule is CC1(C)C2CC=C([C@@H](O)C(F)(F)F)C1C2. The summed E-state index contributed by atoms with van der Waals surface area (Å²) in [6, 6.07) is 0. The van der Waals surface area contributed by atoms with Gasteiger partial charge in [0.15, 0.2) is 6.10 Å². The highest BCUT2D eigenvalue weighted by Crippen LogP contribution is 2.60. The minimum atomic E-state index is -4.52. The Balaban J connectivity index is 2.22. The molecule has 0 heterocycles. The Morgan fingerprint density at radius 3 is 2.47 bits per heavy atom. The molecule has 1 N–H and O–H groups in total. The van der Waals surface area contributed by atoms with E-state index in [1.54, 1.807) is 6.08 Å². The number of aliphatic hydroxyl groups is 1. The summed E-state index contributed by atoms with van der Waals surface area (Å²) in [7, 11) is 0. The van der Waals surface area contributed by atoms with Crippen LogP contribution in [0.1, 0.15) is 26.7 Å². The average Bonchev–Trinajstić information content (AvgIpc) is 2.15. The Morgan fingerprint density at radius 1 is 1.47 bits per heavy atom. The van der Waals surface area contributed by atoms with Crippen LogP contribution in [0.15, 0.2) is 11.6 Å². The molecular formula is C11H15F3O. The molecular weight excluding hydrogens is 205 g/mol. The Labute approximate surface area is 87.0 Å². The van der Waals surface area contributed by atoms with Gasteiger partial charge in [-0.25, -0.2) is 0 Å². The summed E-state index contributed by atoms with van der Waals surface area (Å²) in [5.41, 5.74) is 0.117. The number of fused-ring (bicyclic) bond motifs is 1. The molecule has 3 rings (SSSR count). The van der Waals surface area contributed by atoms with Crippen molar-refractivity contribution in [1.29, 1.82) is 0 Å². The van der Waals surface area contributed by atoms with Crippen molar-refractivity contribution >= 4 is 0 Å². The van der Waals surface area contributed by atoms with Gasteiger partial charge in [-0.3, -0.25) is 0 Å². The second-order valence-electron chi connectivity index (χ2n) is 5.19. The van der Waals surface area contributed by atoms with Crippen molar-refractivity contribution < 1.29 is 18.3 Å². The molecule has 1 fully saturated rings. The molecule has 0 aromatic rings. The lowest BCUT2D eigenvalue weighted by atomic mass is 9.48. The first-order valence-electron chi connectivity index (χ1n) is 5.19. The third-order valence-electron chi connectivity index (χ3n) is 4.14. The van der Waals surface area contributed by atoms with Gasteiger partial charge in [0.1, 0.15) is 0 Å². The smallest absolute Gasteiger partial charge is 0.379 e. The molecule has 3 atom stereocenters. The molecule has 3 aliphatic rings. The predicted octanol–water partition coefficient (Wildman–Crippen LogP) is 2.90. The van der Waals surface area contributed by atoms with Crippen LogP contribution in [0, 0.1) is 17.3 Å². The molecule has 0 aromatic carbocycles. The predicted molar refractivity (Wildman–Crippen MR) is 50.1 cm³/mol. The van der Waals surface area contributed by atoms with Crippen LogP contribution in [0.4, 0.5) is 13.2 Å². The molecule has 0 spiro atoms. The molecule has 15 heavy (non-hydrogen) atoms. The lowest BCUT2D eigenvalue weighted by Gasteiger charge is -2.57. The number of halogens is 3. The summed E-state index contributed by atoms with van der Waals surface area (Å²) in [6.45, 7) is 3.98. The van der Waals surface area contributed by atoms with Gasteiger partial charge in [-0.1, -0.05) is 19.9 Å². The molecule has 4 heteroatoms. The van der Waals surface area contributed by atoms with Gasteiger partial charge in [-0.05, 0) is 35.7 Å². The minimum Gasteiger partial charge on any atom is -0.379 e. The Bertz CT molecular complexity index is 303. The maximum Gasteiger partial charge on any atom is 0.418 e. The molecule has 0 saturated heterocycles. The van der Waals surface area contributed by atoms with Gasteiger partial charge >= 0.3 is 6.18 Å². The van der Waals surface area contributed by atoms with Gasteiger partial charge in [-0.15, -0.1) is 0 Å². The van der Waals surface area contributed by atoms with E-state index in [-0.39, 0.29) is 16.9 Å². The average molecular weight is 220 g/mol. The zero-order valence-electron chi connectivity index (χ0n) is 8.80. The largest absolute Gasteiger partial charge is 0.418 e. The first-order chi connectivity index (χ1) is 6.74. The molecule has 1 saturated carbocycles. The van der Waals surface area contributed by atoms with Gasteiger partial charge in [0, 0.05) is 0 Å². The summed E-state index contributed by atoms with van der Waals surface area (Å²) < 4.78 is 37.2. The first kappa shape index (κ1) is 11.0. The minimum absolute atomic E-state index is 0.0731.